The molecule has 1 heterocycles. The maximum atomic E-state index is 5.39. The van der Waals surface area contributed by atoms with Crippen molar-refractivity contribution in [2.45, 2.75) is 0 Å². The molecular weight excluding hydrogens is 198 g/mol. The maximum Gasteiger partial charge on any atom is 0.302 e. The molecule has 0 bridgehead atoms. The highest BCUT2D eigenvalue weighted by molar-refractivity contribution is 7.80. The van der Waals surface area contributed by atoms with Gasteiger partial charge in [-0.25, -0.2) is 0 Å². The molecule has 2 aromatic rings. The van der Waals surface area contributed by atoms with E-state index in [9.17, 15) is 0 Å². The number of hydrogen-bond acceptors (Lipinski definition) is 3. The molecule has 14 heavy (non-hydrogen) atoms. The molecular formula is C9H9N3OS. The van der Waals surface area contributed by atoms with Crippen LogP contribution < -0.4 is 10.6 Å². The van der Waals surface area contributed by atoms with Crippen molar-refractivity contribution in [3.8, 4) is 0 Å². The van der Waals surface area contributed by atoms with E-state index in [2.05, 4.69) is 15.6 Å². The molecule has 0 atom stereocenters. The molecule has 0 aliphatic carbocycles. The van der Waals surface area contributed by atoms with E-state index >= 15 is 0 Å². The van der Waals surface area contributed by atoms with Gasteiger partial charge in [0.25, 0.3) is 0 Å². The summed E-state index contributed by atoms with van der Waals surface area (Å²) in [6.07, 6.45) is 0. The summed E-state index contributed by atoms with van der Waals surface area (Å²) >= 11 is 4.92. The molecule has 1 aromatic heterocycles. The van der Waals surface area contributed by atoms with E-state index in [4.69, 9.17) is 16.6 Å². The lowest BCUT2D eigenvalue weighted by Crippen LogP contribution is -2.24. The summed E-state index contributed by atoms with van der Waals surface area (Å²) < 4.78 is 5.39. The second-order valence-electron chi connectivity index (χ2n) is 2.69. The van der Waals surface area contributed by atoms with Crippen LogP contribution in [0.4, 0.5) is 6.01 Å². The second-order valence-corrected chi connectivity index (χ2v) is 3.10. The first-order valence-corrected chi connectivity index (χ1v) is 4.55. The third-order valence-corrected chi connectivity index (χ3v) is 2.05. The second kappa shape index (κ2) is 3.63. The number of thiocarbonyl (C=S) groups is 1. The Bertz CT molecular complexity index is 433. The Morgan fingerprint density at radius 3 is 2.93 bits per heavy atom. The normalized spacial score (nSPS) is 10.1. The van der Waals surface area contributed by atoms with Gasteiger partial charge < -0.3 is 9.73 Å². The number of oxazole rings is 1. The topological polar surface area (TPSA) is 50.1 Å². The van der Waals surface area contributed by atoms with Crippen molar-refractivity contribution in [3.63, 3.8) is 0 Å². The molecule has 4 nitrogen and oxygen atoms in total. The summed E-state index contributed by atoms with van der Waals surface area (Å²) in [5.74, 6) is 0. The van der Waals surface area contributed by atoms with Crippen LogP contribution in [0, 0.1) is 0 Å². The third kappa shape index (κ3) is 1.67. The van der Waals surface area contributed by atoms with E-state index in [0.717, 1.165) is 11.1 Å². The number of para-hydroxylation sites is 2. The summed E-state index contributed by atoms with van der Waals surface area (Å²) in [5, 5.41) is 6.08. The zero-order valence-corrected chi connectivity index (χ0v) is 8.39. The van der Waals surface area contributed by atoms with Crippen molar-refractivity contribution in [2.24, 2.45) is 0 Å². The molecule has 5 heteroatoms. The van der Waals surface area contributed by atoms with Gasteiger partial charge in [0.15, 0.2) is 10.7 Å². The van der Waals surface area contributed by atoms with Gasteiger partial charge in [-0.1, -0.05) is 12.1 Å². The van der Waals surface area contributed by atoms with Gasteiger partial charge in [-0.15, -0.1) is 0 Å². The maximum absolute atomic E-state index is 5.39. The standard InChI is InChI=1S/C9H9N3OS/c1-10-9(14)12-8-11-6-4-2-3-5-7(6)13-8/h2-5H,1H3,(H2,10,11,12,14). The Kier molecular flexibility index (Phi) is 2.32. The van der Waals surface area contributed by atoms with E-state index in [1.807, 2.05) is 24.3 Å². The van der Waals surface area contributed by atoms with Crippen LogP contribution in [-0.4, -0.2) is 17.1 Å². The lowest BCUT2D eigenvalue weighted by molar-refractivity contribution is 0.624. The van der Waals surface area contributed by atoms with Crippen LogP contribution in [-0.2, 0) is 0 Å². The van der Waals surface area contributed by atoms with Gasteiger partial charge in [0, 0.05) is 7.05 Å². The molecule has 0 fully saturated rings. The predicted molar refractivity (Wildman–Crippen MR) is 59.3 cm³/mol. The average molecular weight is 207 g/mol. The molecule has 72 valence electrons. The fourth-order valence-electron chi connectivity index (χ4n) is 1.09. The Labute approximate surface area is 86.3 Å². The van der Waals surface area contributed by atoms with Gasteiger partial charge in [0.2, 0.25) is 0 Å². The fourth-order valence-corrected chi connectivity index (χ4v) is 1.17. The average Bonchev–Trinajstić information content (AvgIpc) is 2.59. The molecule has 0 unspecified atom stereocenters. The van der Waals surface area contributed by atoms with E-state index in [1.54, 1.807) is 7.05 Å². The molecule has 0 saturated carbocycles. The van der Waals surface area contributed by atoms with Crippen LogP contribution in [0.5, 0.6) is 0 Å². The number of benzene rings is 1. The quantitative estimate of drug-likeness (QED) is 0.698. The van der Waals surface area contributed by atoms with Gasteiger partial charge >= 0.3 is 6.01 Å². The number of rotatable bonds is 1. The van der Waals surface area contributed by atoms with Gasteiger partial charge in [-0.2, -0.15) is 4.98 Å². The number of nitrogens with one attached hydrogen (secondary N) is 2. The number of nitrogens with zero attached hydrogens (tertiary/aromatic N) is 1. The molecule has 2 N–H and O–H groups in total. The van der Waals surface area contributed by atoms with E-state index in [1.165, 1.54) is 0 Å². The molecule has 0 aliphatic rings. The van der Waals surface area contributed by atoms with Gasteiger partial charge in [-0.3, -0.25) is 5.32 Å². The molecule has 0 aliphatic heterocycles. The van der Waals surface area contributed by atoms with Gasteiger partial charge in [-0.05, 0) is 24.4 Å². The van der Waals surface area contributed by atoms with Crippen LogP contribution in [0.15, 0.2) is 28.7 Å². The van der Waals surface area contributed by atoms with Crippen LogP contribution in [0.25, 0.3) is 11.1 Å². The number of anilines is 1. The molecule has 1 aromatic carbocycles. The number of aromatic nitrogens is 1. The molecule has 0 amide bonds. The third-order valence-electron chi connectivity index (χ3n) is 1.74. The molecule has 0 radical (unpaired) electrons. The first-order chi connectivity index (χ1) is 6.79. The monoisotopic (exact) mass is 207 g/mol. The van der Waals surface area contributed by atoms with E-state index in [-0.39, 0.29) is 0 Å². The lowest BCUT2D eigenvalue weighted by Gasteiger charge is -1.99. The van der Waals surface area contributed by atoms with Crippen LogP contribution in [0.2, 0.25) is 0 Å². The highest BCUT2D eigenvalue weighted by Crippen LogP contribution is 2.17. The summed E-state index contributed by atoms with van der Waals surface area (Å²) in [4.78, 5) is 4.20. The zero-order chi connectivity index (χ0) is 9.97. The van der Waals surface area contributed by atoms with E-state index in [0.29, 0.717) is 11.1 Å². The fraction of sp³-hybridized carbons (Fsp3) is 0.111. The highest BCUT2D eigenvalue weighted by Gasteiger charge is 2.04. The summed E-state index contributed by atoms with van der Waals surface area (Å²) in [6, 6.07) is 7.95. The Morgan fingerprint density at radius 2 is 2.21 bits per heavy atom. The number of hydrogen-bond donors (Lipinski definition) is 2. The zero-order valence-electron chi connectivity index (χ0n) is 7.57. The van der Waals surface area contributed by atoms with Crippen LogP contribution in [0.1, 0.15) is 0 Å². The van der Waals surface area contributed by atoms with Crippen LogP contribution in [0.3, 0.4) is 0 Å². The van der Waals surface area contributed by atoms with E-state index < -0.39 is 0 Å². The largest absolute Gasteiger partial charge is 0.423 e. The molecule has 2 rings (SSSR count). The Balaban J connectivity index is 2.31. The van der Waals surface area contributed by atoms with Crippen molar-refractivity contribution in [1.29, 1.82) is 0 Å². The van der Waals surface area contributed by atoms with Crippen molar-refractivity contribution in [1.82, 2.24) is 10.3 Å². The first kappa shape index (κ1) is 8.96. The minimum Gasteiger partial charge on any atom is -0.423 e. The van der Waals surface area contributed by atoms with Crippen molar-refractivity contribution >= 4 is 34.4 Å². The van der Waals surface area contributed by atoms with Crippen LogP contribution >= 0.6 is 12.2 Å². The van der Waals surface area contributed by atoms with Crippen molar-refractivity contribution < 1.29 is 4.42 Å². The molecule has 0 spiro atoms. The van der Waals surface area contributed by atoms with Gasteiger partial charge in [0.05, 0.1) is 0 Å². The minimum absolute atomic E-state index is 0.408. The Morgan fingerprint density at radius 1 is 1.43 bits per heavy atom. The summed E-state index contributed by atoms with van der Waals surface area (Å²) in [5.41, 5.74) is 1.56. The smallest absolute Gasteiger partial charge is 0.302 e. The van der Waals surface area contributed by atoms with Crippen molar-refractivity contribution in [3.05, 3.63) is 24.3 Å². The highest BCUT2D eigenvalue weighted by atomic mass is 32.1. The molecule has 0 saturated heterocycles. The lowest BCUT2D eigenvalue weighted by atomic mass is 10.3. The first-order valence-electron chi connectivity index (χ1n) is 4.14. The predicted octanol–water partition coefficient (Wildman–Crippen LogP) is 1.74. The Hall–Kier alpha value is -1.62. The summed E-state index contributed by atoms with van der Waals surface area (Å²) in [6.45, 7) is 0. The summed E-state index contributed by atoms with van der Waals surface area (Å²) in [7, 11) is 1.73. The minimum atomic E-state index is 0.408. The number of fused-ring (bicyclic) bond motifs is 1. The van der Waals surface area contributed by atoms with Gasteiger partial charge in [0.1, 0.15) is 5.52 Å². The SMILES string of the molecule is CNC(=S)Nc1nc2ccccc2o1. The van der Waals surface area contributed by atoms with Crippen molar-refractivity contribution in [2.75, 3.05) is 12.4 Å².